The second-order valence-electron chi connectivity index (χ2n) is 5.89. The molecule has 2 aromatic carbocycles. The lowest BCUT2D eigenvalue weighted by Crippen LogP contribution is -2.07. The maximum Gasteiger partial charge on any atom is 0.416 e. The maximum absolute atomic E-state index is 12.8. The Balaban J connectivity index is 1.89. The monoisotopic (exact) mass is 455 g/mol. The normalized spacial score (nSPS) is 11.5. The van der Waals surface area contributed by atoms with Gasteiger partial charge in [0.2, 0.25) is 0 Å². The molecule has 1 N–H and O–H groups in total. The van der Waals surface area contributed by atoms with Crippen molar-refractivity contribution < 1.29 is 22.3 Å². The molecular formula is C20H17F4N3OS2. The third-order valence-electron chi connectivity index (χ3n) is 3.88. The minimum atomic E-state index is -4.38. The summed E-state index contributed by atoms with van der Waals surface area (Å²) in [6.07, 6.45) is -1.31. The van der Waals surface area contributed by atoms with Crippen LogP contribution in [0.2, 0.25) is 0 Å². The summed E-state index contributed by atoms with van der Waals surface area (Å²) in [5.41, 5.74) is 0.629. The zero-order valence-corrected chi connectivity index (χ0v) is 17.4. The minimum Gasteiger partial charge on any atom is -0.496 e. The van der Waals surface area contributed by atoms with Crippen LogP contribution in [0.3, 0.4) is 0 Å². The fraction of sp³-hybridized carbons (Fsp3) is 0.200. The summed E-state index contributed by atoms with van der Waals surface area (Å²) in [6.45, 7) is -0.300. The number of hydrogen-bond acceptors (Lipinski definition) is 6. The highest BCUT2D eigenvalue weighted by atomic mass is 32.2. The van der Waals surface area contributed by atoms with Gasteiger partial charge in [0.15, 0.2) is 0 Å². The molecule has 0 fully saturated rings. The summed E-state index contributed by atoms with van der Waals surface area (Å²) in [7, 11) is 1.54. The van der Waals surface area contributed by atoms with Crippen LogP contribution in [0.15, 0.2) is 69.7 Å². The molecule has 158 valence electrons. The van der Waals surface area contributed by atoms with E-state index in [1.54, 1.807) is 19.4 Å². The van der Waals surface area contributed by atoms with Gasteiger partial charge in [0.1, 0.15) is 23.1 Å². The van der Waals surface area contributed by atoms with Crippen LogP contribution in [0.5, 0.6) is 5.75 Å². The zero-order valence-electron chi connectivity index (χ0n) is 15.7. The quantitative estimate of drug-likeness (QED) is 0.260. The van der Waals surface area contributed by atoms with Gasteiger partial charge in [-0.25, -0.2) is 9.37 Å². The van der Waals surface area contributed by atoms with Crippen LogP contribution in [0.1, 0.15) is 5.56 Å². The van der Waals surface area contributed by atoms with Gasteiger partial charge in [-0.2, -0.15) is 13.2 Å². The van der Waals surface area contributed by atoms with Gasteiger partial charge in [0.05, 0.1) is 17.6 Å². The molecule has 0 saturated heterocycles. The van der Waals surface area contributed by atoms with E-state index in [-0.39, 0.29) is 6.54 Å². The Labute approximate surface area is 179 Å². The number of hydrogen-bond donors (Lipinski definition) is 1. The van der Waals surface area contributed by atoms with Crippen molar-refractivity contribution in [2.24, 2.45) is 0 Å². The highest BCUT2D eigenvalue weighted by Crippen LogP contribution is 2.38. The van der Waals surface area contributed by atoms with Gasteiger partial charge in [-0.1, -0.05) is 11.8 Å². The van der Waals surface area contributed by atoms with Crippen molar-refractivity contribution in [3.8, 4) is 17.0 Å². The Morgan fingerprint density at radius 2 is 1.77 bits per heavy atom. The van der Waals surface area contributed by atoms with Crippen molar-refractivity contribution in [2.75, 3.05) is 20.3 Å². The Morgan fingerprint density at radius 3 is 2.43 bits per heavy atom. The van der Waals surface area contributed by atoms with Gasteiger partial charge in [-0.3, -0.25) is 9.71 Å². The molecule has 0 amide bonds. The molecule has 3 rings (SSSR count). The number of halogens is 4. The zero-order chi connectivity index (χ0) is 21.6. The second kappa shape index (κ2) is 10.1. The van der Waals surface area contributed by atoms with Gasteiger partial charge < -0.3 is 4.74 Å². The molecule has 0 aliphatic carbocycles. The molecule has 0 saturated carbocycles. The van der Waals surface area contributed by atoms with Crippen LogP contribution >= 0.6 is 23.7 Å². The molecule has 1 heterocycles. The van der Waals surface area contributed by atoms with E-state index < -0.39 is 18.4 Å². The predicted molar refractivity (Wildman–Crippen MR) is 109 cm³/mol. The Morgan fingerprint density at radius 1 is 1.03 bits per heavy atom. The largest absolute Gasteiger partial charge is 0.496 e. The summed E-state index contributed by atoms with van der Waals surface area (Å²) >= 11 is 2.46. The highest BCUT2D eigenvalue weighted by Gasteiger charge is 2.30. The molecule has 0 bridgehead atoms. The van der Waals surface area contributed by atoms with E-state index in [0.29, 0.717) is 21.4 Å². The van der Waals surface area contributed by atoms with E-state index in [1.807, 2.05) is 12.1 Å². The van der Waals surface area contributed by atoms with Gasteiger partial charge >= 0.3 is 6.18 Å². The molecule has 1 aromatic heterocycles. The molecule has 0 radical (unpaired) electrons. The maximum atomic E-state index is 12.8. The van der Waals surface area contributed by atoms with Crippen molar-refractivity contribution in [3.05, 3.63) is 60.4 Å². The minimum absolute atomic E-state index is 0.193. The SMILES string of the molecule is COc1ccc(-c2nccnc2Sc2ccc(C(F)(F)F)cc2)cc1SNCCF. The van der Waals surface area contributed by atoms with Gasteiger partial charge in [0, 0.05) is 29.4 Å². The Kier molecular flexibility index (Phi) is 7.57. The summed E-state index contributed by atoms with van der Waals surface area (Å²) in [5, 5.41) is 0.551. The van der Waals surface area contributed by atoms with Crippen molar-refractivity contribution >= 4 is 23.7 Å². The number of methoxy groups -OCH3 is 1. The average molecular weight is 456 g/mol. The molecule has 0 spiro atoms. The number of ether oxygens (including phenoxy) is 1. The highest BCUT2D eigenvalue weighted by molar-refractivity contribution is 7.99. The Bertz CT molecular complexity index is 985. The summed E-state index contributed by atoms with van der Waals surface area (Å²) in [6, 6.07) is 10.3. The van der Waals surface area contributed by atoms with Crippen molar-refractivity contribution in [1.82, 2.24) is 14.7 Å². The van der Waals surface area contributed by atoms with E-state index in [0.717, 1.165) is 22.6 Å². The molecule has 10 heteroatoms. The smallest absolute Gasteiger partial charge is 0.416 e. The van der Waals surface area contributed by atoms with E-state index in [9.17, 15) is 17.6 Å². The third kappa shape index (κ3) is 5.65. The molecule has 0 unspecified atom stereocenters. The van der Waals surface area contributed by atoms with Crippen LogP contribution in [-0.4, -0.2) is 30.3 Å². The predicted octanol–water partition coefficient (Wildman–Crippen LogP) is 5.89. The topological polar surface area (TPSA) is 47.0 Å². The molecule has 0 aliphatic rings. The molecule has 4 nitrogen and oxygen atoms in total. The average Bonchev–Trinajstić information content (AvgIpc) is 2.74. The molecule has 0 atom stereocenters. The lowest BCUT2D eigenvalue weighted by molar-refractivity contribution is -0.137. The fourth-order valence-electron chi connectivity index (χ4n) is 2.49. The third-order valence-corrected chi connectivity index (χ3v) is 5.76. The van der Waals surface area contributed by atoms with Gasteiger partial charge in [-0.15, -0.1) is 0 Å². The molecule has 30 heavy (non-hydrogen) atoms. The number of benzene rings is 2. The number of aromatic nitrogens is 2. The van der Waals surface area contributed by atoms with Gasteiger partial charge in [0.25, 0.3) is 0 Å². The molecular weight excluding hydrogens is 438 g/mol. The lowest BCUT2D eigenvalue weighted by Gasteiger charge is -2.12. The van der Waals surface area contributed by atoms with E-state index in [1.165, 1.54) is 42.0 Å². The first kappa shape index (κ1) is 22.4. The summed E-state index contributed by atoms with van der Waals surface area (Å²) < 4.78 is 59.0. The first-order chi connectivity index (χ1) is 14.4. The van der Waals surface area contributed by atoms with Crippen LogP contribution < -0.4 is 9.46 Å². The number of alkyl halides is 4. The lowest BCUT2D eigenvalue weighted by atomic mass is 10.1. The molecule has 3 aromatic rings. The van der Waals surface area contributed by atoms with Crippen LogP contribution in [-0.2, 0) is 6.18 Å². The standard InChI is InChI=1S/C20H17F4N3OS2/c1-28-16-7-2-13(12-17(16)30-27-9-8-21)18-19(26-11-10-25-18)29-15-5-3-14(4-6-15)20(22,23)24/h2-7,10-12,27H,8-9H2,1H3. The first-order valence-electron chi connectivity index (χ1n) is 8.72. The molecule has 0 aliphatic heterocycles. The number of rotatable bonds is 8. The van der Waals surface area contributed by atoms with Gasteiger partial charge in [-0.05, 0) is 54.4 Å². The summed E-state index contributed by atoms with van der Waals surface area (Å²) in [4.78, 5) is 10.1. The Hall–Kier alpha value is -2.30. The van der Waals surface area contributed by atoms with Crippen molar-refractivity contribution in [3.63, 3.8) is 0 Å². The van der Waals surface area contributed by atoms with Crippen molar-refractivity contribution in [1.29, 1.82) is 0 Å². The summed E-state index contributed by atoms with van der Waals surface area (Å²) in [5.74, 6) is 0.621. The number of nitrogens with one attached hydrogen (secondary N) is 1. The van der Waals surface area contributed by atoms with E-state index >= 15 is 0 Å². The van der Waals surface area contributed by atoms with E-state index in [2.05, 4.69) is 14.7 Å². The second-order valence-corrected chi connectivity index (χ2v) is 7.88. The first-order valence-corrected chi connectivity index (χ1v) is 10.4. The fourth-order valence-corrected chi connectivity index (χ4v) is 4.14. The van der Waals surface area contributed by atoms with Crippen LogP contribution in [0, 0.1) is 0 Å². The van der Waals surface area contributed by atoms with Crippen molar-refractivity contribution in [2.45, 2.75) is 21.0 Å². The van der Waals surface area contributed by atoms with E-state index in [4.69, 9.17) is 4.74 Å². The number of nitrogens with zero attached hydrogens (tertiary/aromatic N) is 2. The van der Waals surface area contributed by atoms with Crippen LogP contribution in [0.25, 0.3) is 11.3 Å². The van der Waals surface area contributed by atoms with Crippen LogP contribution in [0.4, 0.5) is 17.6 Å².